The Morgan fingerprint density at radius 3 is 2.71 bits per heavy atom. The van der Waals surface area contributed by atoms with Crippen LogP contribution >= 0.6 is 11.6 Å². The SMILES string of the molecule is CNC(=O)C(C)Nc1cccc(Cl)c1[N+](=O)[O-]. The number of anilines is 1. The zero-order valence-electron chi connectivity index (χ0n) is 9.36. The van der Waals surface area contributed by atoms with Gasteiger partial charge in [0.25, 0.3) is 0 Å². The van der Waals surface area contributed by atoms with Crippen LogP contribution in [0.4, 0.5) is 11.4 Å². The van der Waals surface area contributed by atoms with Gasteiger partial charge >= 0.3 is 5.69 Å². The van der Waals surface area contributed by atoms with Gasteiger partial charge in [-0.1, -0.05) is 17.7 Å². The second-order valence-electron chi connectivity index (χ2n) is 3.37. The molecule has 0 radical (unpaired) electrons. The van der Waals surface area contributed by atoms with Crippen molar-refractivity contribution in [3.05, 3.63) is 33.3 Å². The van der Waals surface area contributed by atoms with Gasteiger partial charge in [0.1, 0.15) is 16.8 Å². The topological polar surface area (TPSA) is 84.3 Å². The molecule has 92 valence electrons. The predicted molar refractivity (Wildman–Crippen MR) is 65.3 cm³/mol. The Bertz CT molecular complexity index is 450. The molecule has 0 saturated heterocycles. The fraction of sp³-hybridized carbons (Fsp3) is 0.300. The molecule has 0 saturated carbocycles. The first-order valence-corrected chi connectivity index (χ1v) is 5.26. The number of likely N-dealkylation sites (N-methyl/N-ethyl adjacent to an activating group) is 1. The van der Waals surface area contributed by atoms with Gasteiger partial charge in [-0.25, -0.2) is 0 Å². The van der Waals surface area contributed by atoms with Gasteiger partial charge in [-0.2, -0.15) is 0 Å². The summed E-state index contributed by atoms with van der Waals surface area (Å²) in [5.41, 5.74) is -0.0106. The molecule has 0 aliphatic rings. The number of benzene rings is 1. The number of para-hydroxylation sites is 1. The highest BCUT2D eigenvalue weighted by Crippen LogP contribution is 2.32. The van der Waals surface area contributed by atoms with Crippen molar-refractivity contribution in [2.24, 2.45) is 0 Å². The Hall–Kier alpha value is -1.82. The number of amides is 1. The Balaban J connectivity index is 3.02. The highest BCUT2D eigenvalue weighted by molar-refractivity contribution is 6.33. The van der Waals surface area contributed by atoms with Crippen molar-refractivity contribution in [3.8, 4) is 0 Å². The Morgan fingerprint density at radius 1 is 1.53 bits per heavy atom. The lowest BCUT2D eigenvalue weighted by molar-refractivity contribution is -0.383. The minimum Gasteiger partial charge on any atom is -0.368 e. The minimum atomic E-state index is -0.586. The quantitative estimate of drug-likeness (QED) is 0.636. The van der Waals surface area contributed by atoms with E-state index in [0.717, 1.165) is 0 Å². The first-order chi connectivity index (χ1) is 7.97. The molecule has 0 heterocycles. The number of nitrogens with zero attached hydrogens (tertiary/aromatic N) is 1. The smallest absolute Gasteiger partial charge is 0.310 e. The van der Waals surface area contributed by atoms with Gasteiger partial charge in [-0.3, -0.25) is 14.9 Å². The van der Waals surface area contributed by atoms with Gasteiger partial charge in [0, 0.05) is 7.05 Å². The van der Waals surface area contributed by atoms with E-state index < -0.39 is 11.0 Å². The number of nitrogens with one attached hydrogen (secondary N) is 2. The van der Waals surface area contributed by atoms with Crippen LogP contribution in [0.2, 0.25) is 5.02 Å². The number of carbonyl (C=O) groups is 1. The summed E-state index contributed by atoms with van der Waals surface area (Å²) in [7, 11) is 1.49. The van der Waals surface area contributed by atoms with E-state index in [1.165, 1.54) is 19.2 Å². The number of rotatable bonds is 4. The number of hydrogen-bond donors (Lipinski definition) is 2. The molecule has 0 aliphatic carbocycles. The number of carbonyl (C=O) groups excluding carboxylic acids is 1. The van der Waals surface area contributed by atoms with E-state index in [1.54, 1.807) is 13.0 Å². The molecule has 2 N–H and O–H groups in total. The molecule has 1 atom stereocenters. The van der Waals surface area contributed by atoms with Crippen molar-refractivity contribution >= 4 is 28.9 Å². The minimum absolute atomic E-state index is 0.0316. The summed E-state index contributed by atoms with van der Waals surface area (Å²) in [5.74, 6) is -0.265. The molecule has 1 amide bonds. The average molecular weight is 258 g/mol. The summed E-state index contributed by atoms with van der Waals surface area (Å²) in [4.78, 5) is 21.6. The zero-order chi connectivity index (χ0) is 13.0. The molecule has 0 bridgehead atoms. The Kier molecular flexibility index (Phi) is 4.28. The maximum absolute atomic E-state index is 11.3. The summed E-state index contributed by atoms with van der Waals surface area (Å²) >= 11 is 5.74. The fourth-order valence-corrected chi connectivity index (χ4v) is 1.58. The lowest BCUT2D eigenvalue weighted by Crippen LogP contribution is -2.35. The molecule has 0 aliphatic heterocycles. The summed E-state index contributed by atoms with van der Waals surface area (Å²) in [6, 6.07) is 3.92. The molecule has 1 aromatic carbocycles. The van der Waals surface area contributed by atoms with Crippen LogP contribution in [-0.2, 0) is 4.79 Å². The first kappa shape index (κ1) is 13.2. The van der Waals surface area contributed by atoms with Gasteiger partial charge in [0.15, 0.2) is 0 Å². The maximum atomic E-state index is 11.3. The van der Waals surface area contributed by atoms with Crippen molar-refractivity contribution < 1.29 is 9.72 Å². The van der Waals surface area contributed by atoms with E-state index in [0.29, 0.717) is 0 Å². The van der Waals surface area contributed by atoms with Crippen LogP contribution in [0.5, 0.6) is 0 Å². The largest absolute Gasteiger partial charge is 0.368 e. The fourth-order valence-electron chi connectivity index (χ4n) is 1.33. The third kappa shape index (κ3) is 3.07. The van der Waals surface area contributed by atoms with Crippen LogP contribution in [0.3, 0.4) is 0 Å². The van der Waals surface area contributed by atoms with Crippen LogP contribution in [0.15, 0.2) is 18.2 Å². The molecule has 0 fully saturated rings. The molecule has 6 nitrogen and oxygen atoms in total. The van der Waals surface area contributed by atoms with E-state index in [9.17, 15) is 14.9 Å². The molecule has 1 unspecified atom stereocenters. The lowest BCUT2D eigenvalue weighted by atomic mass is 10.2. The second kappa shape index (κ2) is 5.49. The van der Waals surface area contributed by atoms with Crippen LogP contribution in [0.1, 0.15) is 6.92 Å². The number of halogens is 1. The van der Waals surface area contributed by atoms with Crippen molar-refractivity contribution in [3.63, 3.8) is 0 Å². The number of nitro benzene ring substituents is 1. The third-order valence-electron chi connectivity index (χ3n) is 2.18. The molecule has 1 aromatic rings. The van der Waals surface area contributed by atoms with E-state index in [1.807, 2.05) is 0 Å². The van der Waals surface area contributed by atoms with E-state index in [-0.39, 0.29) is 22.3 Å². The van der Waals surface area contributed by atoms with Crippen molar-refractivity contribution in [2.75, 3.05) is 12.4 Å². The lowest BCUT2D eigenvalue weighted by Gasteiger charge is -2.13. The Morgan fingerprint density at radius 2 is 2.18 bits per heavy atom. The van der Waals surface area contributed by atoms with Crippen LogP contribution in [-0.4, -0.2) is 23.9 Å². The standard InChI is InChI=1S/C10H12ClN3O3/c1-6(10(15)12-2)13-8-5-3-4-7(11)9(8)14(16)17/h3-6,13H,1-2H3,(H,12,15). The predicted octanol–water partition coefficient (Wildman–Crippen LogP) is 1.79. The maximum Gasteiger partial charge on any atom is 0.310 e. The first-order valence-electron chi connectivity index (χ1n) is 4.88. The summed E-state index contributed by atoms with van der Waals surface area (Å²) in [5, 5.41) is 16.1. The molecular weight excluding hydrogens is 246 g/mol. The molecule has 17 heavy (non-hydrogen) atoms. The third-order valence-corrected chi connectivity index (χ3v) is 2.49. The second-order valence-corrected chi connectivity index (χ2v) is 3.78. The van der Waals surface area contributed by atoms with Gasteiger partial charge < -0.3 is 10.6 Å². The van der Waals surface area contributed by atoms with Gasteiger partial charge in [0.05, 0.1) is 4.92 Å². The molecular formula is C10H12ClN3O3. The Labute approximate surface area is 103 Å². The van der Waals surface area contributed by atoms with Crippen LogP contribution < -0.4 is 10.6 Å². The van der Waals surface area contributed by atoms with E-state index in [4.69, 9.17) is 11.6 Å². The van der Waals surface area contributed by atoms with Crippen LogP contribution in [0.25, 0.3) is 0 Å². The number of hydrogen-bond acceptors (Lipinski definition) is 4. The van der Waals surface area contributed by atoms with Gasteiger partial charge in [0.2, 0.25) is 5.91 Å². The monoisotopic (exact) mass is 257 g/mol. The highest BCUT2D eigenvalue weighted by atomic mass is 35.5. The summed E-state index contributed by atoms with van der Waals surface area (Å²) in [6.45, 7) is 1.60. The molecule has 7 heteroatoms. The van der Waals surface area contributed by atoms with Gasteiger partial charge in [-0.15, -0.1) is 0 Å². The van der Waals surface area contributed by atoms with Gasteiger partial charge in [-0.05, 0) is 19.1 Å². The zero-order valence-corrected chi connectivity index (χ0v) is 10.1. The average Bonchev–Trinajstić information content (AvgIpc) is 2.27. The summed E-state index contributed by atoms with van der Waals surface area (Å²) in [6.07, 6.45) is 0. The number of nitro groups is 1. The van der Waals surface area contributed by atoms with E-state index in [2.05, 4.69) is 10.6 Å². The highest BCUT2D eigenvalue weighted by Gasteiger charge is 2.21. The normalized spacial score (nSPS) is 11.7. The molecule has 0 aromatic heterocycles. The molecule has 0 spiro atoms. The van der Waals surface area contributed by atoms with Crippen molar-refractivity contribution in [1.29, 1.82) is 0 Å². The summed E-state index contributed by atoms with van der Waals surface area (Å²) < 4.78 is 0. The van der Waals surface area contributed by atoms with Crippen molar-refractivity contribution in [1.82, 2.24) is 5.32 Å². The van der Waals surface area contributed by atoms with Crippen molar-refractivity contribution in [2.45, 2.75) is 13.0 Å². The van der Waals surface area contributed by atoms with E-state index >= 15 is 0 Å². The molecule has 1 rings (SSSR count). The van der Waals surface area contributed by atoms with Crippen LogP contribution in [0, 0.1) is 10.1 Å².